The van der Waals surface area contributed by atoms with Crippen LogP contribution in [0.2, 0.25) is 10.0 Å². The predicted molar refractivity (Wildman–Crippen MR) is 74.6 cm³/mol. The van der Waals surface area contributed by atoms with Crippen molar-refractivity contribution in [1.29, 1.82) is 0 Å². The molecule has 0 radical (unpaired) electrons. The average Bonchev–Trinajstić information content (AvgIpc) is 2.36. The molecular weight excluding hydrogens is 288 g/mol. The summed E-state index contributed by atoms with van der Waals surface area (Å²) in [7, 11) is 0. The number of benzene rings is 1. The van der Waals surface area contributed by atoms with E-state index in [2.05, 4.69) is 10.4 Å². The minimum atomic E-state index is -0.635. The molecule has 0 fully saturated rings. The van der Waals surface area contributed by atoms with Crippen molar-refractivity contribution >= 4 is 23.2 Å². The van der Waals surface area contributed by atoms with Crippen molar-refractivity contribution in [2.24, 2.45) is 5.84 Å². The standard InChI is InChI=1S/C13H12Cl2FN3/c1-7-2-3-11(16)9(4-7)12(19-17)13-10(15)5-8(14)6-18-13/h2-6,12,19H,17H2,1H3. The van der Waals surface area contributed by atoms with Crippen molar-refractivity contribution in [2.75, 3.05) is 0 Å². The summed E-state index contributed by atoms with van der Waals surface area (Å²) in [6.07, 6.45) is 1.45. The summed E-state index contributed by atoms with van der Waals surface area (Å²) in [5, 5.41) is 0.741. The molecule has 0 aliphatic rings. The van der Waals surface area contributed by atoms with Crippen molar-refractivity contribution in [3.63, 3.8) is 0 Å². The van der Waals surface area contributed by atoms with Gasteiger partial charge in [0.05, 0.1) is 21.8 Å². The zero-order chi connectivity index (χ0) is 14.0. The van der Waals surface area contributed by atoms with E-state index in [1.807, 2.05) is 6.92 Å². The maximum atomic E-state index is 13.9. The third kappa shape index (κ3) is 3.04. The first kappa shape index (κ1) is 14.2. The summed E-state index contributed by atoms with van der Waals surface area (Å²) in [5.41, 5.74) is 4.27. The number of nitrogens with two attached hydrogens (primary N) is 1. The number of hydrogen-bond acceptors (Lipinski definition) is 3. The summed E-state index contributed by atoms with van der Waals surface area (Å²) in [5.74, 6) is 5.14. The number of hydrogen-bond donors (Lipinski definition) is 2. The van der Waals surface area contributed by atoms with Crippen LogP contribution in [0, 0.1) is 12.7 Å². The second-order valence-electron chi connectivity index (χ2n) is 4.15. The van der Waals surface area contributed by atoms with Crippen LogP contribution >= 0.6 is 23.2 Å². The van der Waals surface area contributed by atoms with Crippen LogP contribution in [0.3, 0.4) is 0 Å². The smallest absolute Gasteiger partial charge is 0.128 e. The lowest BCUT2D eigenvalue weighted by molar-refractivity contribution is 0.552. The SMILES string of the molecule is Cc1ccc(F)c(C(NN)c2ncc(Cl)cc2Cl)c1. The van der Waals surface area contributed by atoms with Gasteiger partial charge in [0.25, 0.3) is 0 Å². The molecule has 0 bridgehead atoms. The Hall–Kier alpha value is -1.20. The lowest BCUT2D eigenvalue weighted by Gasteiger charge is -2.18. The molecule has 0 amide bonds. The minimum absolute atomic E-state index is 0.330. The Bertz CT molecular complexity index is 604. The first-order valence-electron chi connectivity index (χ1n) is 5.56. The molecule has 1 atom stereocenters. The molecule has 1 unspecified atom stereocenters. The Morgan fingerprint density at radius 1 is 1.32 bits per heavy atom. The maximum absolute atomic E-state index is 13.9. The molecule has 1 aromatic heterocycles. The number of nitrogens with one attached hydrogen (secondary N) is 1. The topological polar surface area (TPSA) is 50.9 Å². The second kappa shape index (κ2) is 5.84. The fourth-order valence-electron chi connectivity index (χ4n) is 1.84. The van der Waals surface area contributed by atoms with E-state index in [-0.39, 0.29) is 5.82 Å². The molecule has 3 nitrogen and oxygen atoms in total. The van der Waals surface area contributed by atoms with Crippen LogP contribution in [0.4, 0.5) is 4.39 Å². The third-order valence-corrected chi connectivity index (χ3v) is 3.25. The summed E-state index contributed by atoms with van der Waals surface area (Å²) in [6, 6.07) is 5.68. The Morgan fingerprint density at radius 3 is 2.68 bits per heavy atom. The van der Waals surface area contributed by atoms with Gasteiger partial charge in [0, 0.05) is 11.8 Å². The fourth-order valence-corrected chi connectivity index (χ4v) is 2.33. The molecule has 2 rings (SSSR count). The maximum Gasteiger partial charge on any atom is 0.128 e. The van der Waals surface area contributed by atoms with Gasteiger partial charge in [-0.2, -0.15) is 0 Å². The van der Waals surface area contributed by atoms with Gasteiger partial charge in [-0.3, -0.25) is 10.8 Å². The summed E-state index contributed by atoms with van der Waals surface area (Å²) >= 11 is 11.9. The molecule has 19 heavy (non-hydrogen) atoms. The first-order valence-corrected chi connectivity index (χ1v) is 6.31. The van der Waals surface area contributed by atoms with Crippen molar-refractivity contribution in [1.82, 2.24) is 10.4 Å². The molecule has 0 aliphatic carbocycles. The lowest BCUT2D eigenvalue weighted by Crippen LogP contribution is -2.30. The number of aromatic nitrogens is 1. The molecule has 0 aliphatic heterocycles. The van der Waals surface area contributed by atoms with E-state index in [0.717, 1.165) is 5.56 Å². The molecular formula is C13H12Cl2FN3. The van der Waals surface area contributed by atoms with Crippen LogP contribution in [-0.2, 0) is 0 Å². The van der Waals surface area contributed by atoms with Crippen LogP contribution in [-0.4, -0.2) is 4.98 Å². The molecule has 0 saturated heterocycles. The molecule has 1 aromatic carbocycles. The number of pyridine rings is 1. The highest BCUT2D eigenvalue weighted by atomic mass is 35.5. The number of nitrogens with zero attached hydrogens (tertiary/aromatic N) is 1. The molecule has 0 saturated carbocycles. The Balaban J connectivity index is 2.52. The van der Waals surface area contributed by atoms with Crippen LogP contribution in [0.5, 0.6) is 0 Å². The monoisotopic (exact) mass is 299 g/mol. The van der Waals surface area contributed by atoms with Crippen molar-refractivity contribution < 1.29 is 4.39 Å². The van der Waals surface area contributed by atoms with Gasteiger partial charge in [0.2, 0.25) is 0 Å². The highest BCUT2D eigenvalue weighted by molar-refractivity contribution is 6.34. The van der Waals surface area contributed by atoms with Gasteiger partial charge < -0.3 is 0 Å². The summed E-state index contributed by atoms with van der Waals surface area (Å²) < 4.78 is 13.9. The third-order valence-electron chi connectivity index (χ3n) is 2.74. The number of halogens is 3. The van der Waals surface area contributed by atoms with E-state index in [9.17, 15) is 4.39 Å². The second-order valence-corrected chi connectivity index (χ2v) is 4.99. The van der Waals surface area contributed by atoms with E-state index in [1.165, 1.54) is 12.3 Å². The predicted octanol–water partition coefficient (Wildman–Crippen LogP) is 3.39. The molecule has 3 N–H and O–H groups in total. The van der Waals surface area contributed by atoms with Crippen LogP contribution < -0.4 is 11.3 Å². The van der Waals surface area contributed by atoms with Crippen molar-refractivity contribution in [3.05, 3.63) is 63.1 Å². The molecule has 100 valence electrons. The van der Waals surface area contributed by atoms with Gasteiger partial charge in [-0.05, 0) is 19.1 Å². The Kier molecular flexibility index (Phi) is 4.37. The summed E-state index contributed by atoms with van der Waals surface area (Å²) in [4.78, 5) is 4.12. The van der Waals surface area contributed by atoms with E-state index >= 15 is 0 Å². The normalized spacial score (nSPS) is 12.5. The zero-order valence-electron chi connectivity index (χ0n) is 10.1. The molecule has 0 spiro atoms. The number of rotatable bonds is 3. The van der Waals surface area contributed by atoms with Gasteiger partial charge >= 0.3 is 0 Å². The molecule has 2 aromatic rings. The van der Waals surface area contributed by atoms with E-state index in [1.54, 1.807) is 18.2 Å². The van der Waals surface area contributed by atoms with Crippen LogP contribution in [0.1, 0.15) is 22.9 Å². The van der Waals surface area contributed by atoms with E-state index in [4.69, 9.17) is 29.0 Å². The average molecular weight is 300 g/mol. The summed E-state index contributed by atoms with van der Waals surface area (Å²) in [6.45, 7) is 1.87. The first-order chi connectivity index (χ1) is 9.02. The largest absolute Gasteiger partial charge is 0.271 e. The molecule has 1 heterocycles. The Morgan fingerprint density at radius 2 is 2.05 bits per heavy atom. The van der Waals surface area contributed by atoms with Gasteiger partial charge in [-0.25, -0.2) is 9.82 Å². The Labute approximate surface area is 120 Å². The highest BCUT2D eigenvalue weighted by Gasteiger charge is 2.20. The number of hydrazine groups is 1. The number of aryl methyl sites for hydroxylation is 1. The van der Waals surface area contributed by atoms with Crippen LogP contribution in [0.25, 0.3) is 0 Å². The molecule has 6 heteroatoms. The van der Waals surface area contributed by atoms with Crippen molar-refractivity contribution in [2.45, 2.75) is 13.0 Å². The fraction of sp³-hybridized carbons (Fsp3) is 0.154. The quantitative estimate of drug-likeness (QED) is 0.675. The van der Waals surface area contributed by atoms with Gasteiger partial charge in [-0.15, -0.1) is 0 Å². The lowest BCUT2D eigenvalue weighted by atomic mass is 10.0. The van der Waals surface area contributed by atoms with Gasteiger partial charge in [-0.1, -0.05) is 40.9 Å². The zero-order valence-corrected chi connectivity index (χ0v) is 11.6. The van der Waals surface area contributed by atoms with Gasteiger partial charge in [0.15, 0.2) is 0 Å². The highest BCUT2D eigenvalue weighted by Crippen LogP contribution is 2.29. The minimum Gasteiger partial charge on any atom is -0.271 e. The van der Waals surface area contributed by atoms with E-state index < -0.39 is 6.04 Å². The van der Waals surface area contributed by atoms with E-state index in [0.29, 0.717) is 21.3 Å². The van der Waals surface area contributed by atoms with Gasteiger partial charge in [0.1, 0.15) is 5.82 Å². The van der Waals surface area contributed by atoms with Crippen molar-refractivity contribution in [3.8, 4) is 0 Å². The van der Waals surface area contributed by atoms with Crippen LogP contribution in [0.15, 0.2) is 30.5 Å².